The third-order valence-electron chi connectivity index (χ3n) is 6.13. The molecule has 0 spiro atoms. The first-order valence-corrected chi connectivity index (χ1v) is 9.85. The Hall–Kier alpha value is -3.23. The summed E-state index contributed by atoms with van der Waals surface area (Å²) >= 11 is 0. The van der Waals surface area contributed by atoms with Crippen LogP contribution in [0.15, 0.2) is 29.1 Å². The van der Waals surface area contributed by atoms with Gasteiger partial charge in [0.05, 0.1) is 29.0 Å². The number of aromatic nitrogens is 2. The van der Waals surface area contributed by atoms with E-state index in [0.717, 1.165) is 16.5 Å². The summed E-state index contributed by atoms with van der Waals surface area (Å²) < 4.78 is 6.69. The zero-order chi connectivity index (χ0) is 21.2. The highest BCUT2D eigenvalue weighted by atomic mass is 16.6. The zero-order valence-electron chi connectivity index (χ0n) is 16.7. The molecule has 0 radical (unpaired) electrons. The molecule has 30 heavy (non-hydrogen) atoms. The summed E-state index contributed by atoms with van der Waals surface area (Å²) in [6.45, 7) is 2.33. The van der Waals surface area contributed by atoms with Crippen molar-refractivity contribution in [2.24, 2.45) is 0 Å². The van der Waals surface area contributed by atoms with E-state index in [1.54, 1.807) is 36.7 Å². The van der Waals surface area contributed by atoms with Gasteiger partial charge in [0.2, 0.25) is 0 Å². The first-order chi connectivity index (χ1) is 14.4. The number of benzene rings is 1. The van der Waals surface area contributed by atoms with Gasteiger partial charge < -0.3 is 24.8 Å². The van der Waals surface area contributed by atoms with Crippen molar-refractivity contribution in [1.29, 1.82) is 0 Å². The lowest BCUT2D eigenvalue weighted by Gasteiger charge is -2.31. The minimum Gasteiger partial charge on any atom is -0.508 e. The lowest BCUT2D eigenvalue weighted by Crippen LogP contribution is -2.44. The second-order valence-electron chi connectivity index (χ2n) is 7.76. The predicted octanol–water partition coefficient (Wildman–Crippen LogP) is 1.50. The van der Waals surface area contributed by atoms with E-state index in [2.05, 4.69) is 5.32 Å². The molecule has 0 amide bonds. The second kappa shape index (κ2) is 6.38. The highest BCUT2D eigenvalue weighted by Crippen LogP contribution is 2.39. The first kappa shape index (κ1) is 18.8. The molecule has 0 aliphatic carbocycles. The van der Waals surface area contributed by atoms with Crippen molar-refractivity contribution >= 4 is 16.9 Å². The maximum atomic E-state index is 13.2. The zero-order valence-corrected chi connectivity index (χ0v) is 16.7. The van der Waals surface area contributed by atoms with E-state index in [4.69, 9.17) is 9.72 Å². The molecule has 3 aromatic rings. The molecule has 0 fully saturated rings. The average molecular weight is 407 g/mol. The number of rotatable bonds is 3. The Morgan fingerprint density at radius 2 is 2.10 bits per heavy atom. The van der Waals surface area contributed by atoms with Crippen LogP contribution in [0.1, 0.15) is 35.6 Å². The number of phenolic OH excluding ortho intramolecular Hbond substituents is 1. The number of nitrogens with one attached hydrogen (secondary N) is 1. The Balaban J connectivity index is 1.77. The molecule has 8 heteroatoms. The number of fused-ring (bicyclic) bond motifs is 5. The van der Waals surface area contributed by atoms with E-state index in [9.17, 15) is 19.8 Å². The van der Waals surface area contributed by atoms with Crippen molar-refractivity contribution in [1.82, 2.24) is 14.9 Å². The van der Waals surface area contributed by atoms with Gasteiger partial charge in [-0.15, -0.1) is 0 Å². The van der Waals surface area contributed by atoms with Crippen LogP contribution >= 0.6 is 0 Å². The summed E-state index contributed by atoms with van der Waals surface area (Å²) in [6.07, 6.45) is 0.104. The molecule has 0 bridgehead atoms. The van der Waals surface area contributed by atoms with Crippen LogP contribution in [0.25, 0.3) is 22.3 Å². The van der Waals surface area contributed by atoms with Crippen LogP contribution < -0.4 is 10.9 Å². The van der Waals surface area contributed by atoms with Crippen LogP contribution in [0.5, 0.6) is 5.75 Å². The number of hydrogen-bond donors (Lipinski definition) is 3. The van der Waals surface area contributed by atoms with E-state index >= 15 is 0 Å². The lowest BCUT2D eigenvalue weighted by molar-refractivity contribution is -0.172. The van der Waals surface area contributed by atoms with Gasteiger partial charge in [-0.05, 0) is 37.7 Å². The van der Waals surface area contributed by atoms with E-state index in [-0.39, 0.29) is 24.3 Å². The fourth-order valence-corrected chi connectivity index (χ4v) is 4.46. The van der Waals surface area contributed by atoms with E-state index in [1.165, 1.54) is 0 Å². The predicted molar refractivity (Wildman–Crippen MR) is 109 cm³/mol. The molecule has 2 aliphatic rings. The Morgan fingerprint density at radius 3 is 2.83 bits per heavy atom. The monoisotopic (exact) mass is 407 g/mol. The third-order valence-corrected chi connectivity index (χ3v) is 6.13. The first-order valence-electron chi connectivity index (χ1n) is 9.85. The van der Waals surface area contributed by atoms with Crippen LogP contribution in [0.4, 0.5) is 0 Å². The Morgan fingerprint density at radius 1 is 1.30 bits per heavy atom. The van der Waals surface area contributed by atoms with Crippen molar-refractivity contribution in [3.63, 3.8) is 0 Å². The number of esters is 1. The molecular formula is C22H21N3O5. The summed E-state index contributed by atoms with van der Waals surface area (Å²) in [5.74, 6) is -0.552. The topological polar surface area (TPSA) is 114 Å². The Labute approximate surface area is 171 Å². The average Bonchev–Trinajstić information content (AvgIpc) is 3.10. The maximum Gasteiger partial charge on any atom is 0.343 e. The number of hydrogen-bond acceptors (Lipinski definition) is 7. The standard InChI is InChI=1S/C22H21N3O5/c1-3-22(29)15-7-17-19-11(9-25(17)20(27)14(15)10-30-21(22)28)6-12-13(8-23-2)18(26)5-4-16(12)24-19/h4-7,23,26,29H,3,8-10H2,1-2H3. The fourth-order valence-electron chi connectivity index (χ4n) is 4.46. The minimum absolute atomic E-state index is 0.104. The summed E-state index contributed by atoms with van der Waals surface area (Å²) in [7, 11) is 1.80. The van der Waals surface area contributed by atoms with E-state index < -0.39 is 11.6 Å². The minimum atomic E-state index is -1.84. The van der Waals surface area contributed by atoms with Crippen molar-refractivity contribution < 1.29 is 19.7 Å². The van der Waals surface area contributed by atoms with Gasteiger partial charge in [-0.25, -0.2) is 9.78 Å². The Bertz CT molecular complexity index is 1300. The van der Waals surface area contributed by atoms with Crippen molar-refractivity contribution in [2.75, 3.05) is 7.05 Å². The van der Waals surface area contributed by atoms with Crippen molar-refractivity contribution in [3.8, 4) is 17.1 Å². The van der Waals surface area contributed by atoms with Gasteiger partial charge in [0.25, 0.3) is 5.56 Å². The SMILES string of the molecule is CCC1(O)C(=O)OCc2c1cc1n(c2=O)Cc2cc3c(CNC)c(O)ccc3nc2-1. The molecule has 2 aliphatic heterocycles. The second-order valence-corrected chi connectivity index (χ2v) is 7.76. The third kappa shape index (κ3) is 2.37. The van der Waals surface area contributed by atoms with Crippen LogP contribution in [0, 0.1) is 0 Å². The number of aromatic hydroxyl groups is 1. The Kier molecular flexibility index (Phi) is 4.00. The smallest absolute Gasteiger partial charge is 0.343 e. The highest BCUT2D eigenvalue weighted by molar-refractivity contribution is 5.89. The molecule has 4 heterocycles. The van der Waals surface area contributed by atoms with Crippen LogP contribution in [-0.2, 0) is 34.8 Å². The van der Waals surface area contributed by atoms with Crippen LogP contribution in [0.3, 0.4) is 0 Å². The van der Waals surface area contributed by atoms with Gasteiger partial charge in [-0.3, -0.25) is 4.79 Å². The summed E-state index contributed by atoms with van der Waals surface area (Å²) in [5.41, 5.74) is 1.96. The van der Waals surface area contributed by atoms with E-state index in [1.807, 2.05) is 6.07 Å². The van der Waals surface area contributed by atoms with Gasteiger partial charge in [-0.2, -0.15) is 0 Å². The lowest BCUT2D eigenvalue weighted by atomic mass is 9.86. The number of carbonyl (C=O) groups is 1. The molecule has 1 aromatic carbocycles. The maximum absolute atomic E-state index is 13.2. The summed E-state index contributed by atoms with van der Waals surface area (Å²) in [5, 5.41) is 25.1. The van der Waals surface area contributed by atoms with Crippen molar-refractivity contribution in [3.05, 3.63) is 56.9 Å². The number of pyridine rings is 2. The van der Waals surface area contributed by atoms with Gasteiger partial charge in [0, 0.05) is 28.6 Å². The van der Waals surface area contributed by atoms with Gasteiger partial charge in [0.15, 0.2) is 5.60 Å². The molecule has 154 valence electrons. The van der Waals surface area contributed by atoms with Gasteiger partial charge >= 0.3 is 5.97 Å². The van der Waals surface area contributed by atoms with Crippen LogP contribution in [0.2, 0.25) is 0 Å². The molecular weight excluding hydrogens is 386 g/mol. The molecule has 0 saturated heterocycles. The molecule has 8 nitrogen and oxygen atoms in total. The number of ether oxygens (including phenoxy) is 1. The number of carbonyl (C=O) groups excluding carboxylic acids is 1. The summed E-state index contributed by atoms with van der Waals surface area (Å²) in [6, 6.07) is 6.99. The quantitative estimate of drug-likeness (QED) is 0.441. The highest BCUT2D eigenvalue weighted by Gasteiger charge is 2.45. The number of phenols is 1. The normalized spacial score (nSPS) is 19.4. The van der Waals surface area contributed by atoms with E-state index in [0.29, 0.717) is 41.1 Å². The number of cyclic esters (lactones) is 1. The fraction of sp³-hybridized carbons (Fsp3) is 0.318. The largest absolute Gasteiger partial charge is 0.508 e. The number of nitrogens with zero attached hydrogens (tertiary/aromatic N) is 2. The molecule has 2 aromatic heterocycles. The molecule has 1 unspecified atom stereocenters. The van der Waals surface area contributed by atoms with Crippen molar-refractivity contribution in [2.45, 2.75) is 38.6 Å². The molecule has 3 N–H and O–H groups in total. The van der Waals surface area contributed by atoms with Gasteiger partial charge in [-0.1, -0.05) is 6.92 Å². The van der Waals surface area contributed by atoms with Crippen LogP contribution in [-0.4, -0.2) is 32.8 Å². The molecule has 0 saturated carbocycles. The van der Waals surface area contributed by atoms with Gasteiger partial charge in [0.1, 0.15) is 12.4 Å². The summed E-state index contributed by atoms with van der Waals surface area (Å²) in [4.78, 5) is 30.2. The molecule has 1 atom stereocenters. The number of aliphatic hydroxyl groups is 1. The molecule has 5 rings (SSSR count).